The molecule has 0 aliphatic carbocycles. The molecular formula is C11H13F3N2. The van der Waals surface area contributed by atoms with Gasteiger partial charge in [-0.3, -0.25) is 0 Å². The lowest BCUT2D eigenvalue weighted by molar-refractivity contribution is 0.311. The van der Waals surface area contributed by atoms with Crippen LogP contribution >= 0.6 is 0 Å². The van der Waals surface area contributed by atoms with E-state index in [2.05, 4.69) is 4.90 Å². The fourth-order valence-electron chi connectivity index (χ4n) is 1.80. The van der Waals surface area contributed by atoms with Crippen LogP contribution in [0.2, 0.25) is 0 Å². The molecule has 0 radical (unpaired) electrons. The van der Waals surface area contributed by atoms with Crippen molar-refractivity contribution in [2.75, 3.05) is 38.1 Å². The van der Waals surface area contributed by atoms with Gasteiger partial charge in [-0.25, -0.2) is 13.2 Å². The molecule has 0 bridgehead atoms. The molecule has 0 N–H and O–H groups in total. The van der Waals surface area contributed by atoms with Crippen molar-refractivity contribution in [1.29, 1.82) is 0 Å². The topological polar surface area (TPSA) is 6.48 Å². The molecule has 2 nitrogen and oxygen atoms in total. The van der Waals surface area contributed by atoms with Gasteiger partial charge < -0.3 is 9.80 Å². The highest BCUT2D eigenvalue weighted by Gasteiger charge is 2.19. The van der Waals surface area contributed by atoms with Crippen LogP contribution in [0.25, 0.3) is 0 Å². The molecule has 0 spiro atoms. The average molecular weight is 230 g/mol. The minimum Gasteiger partial charge on any atom is -0.367 e. The van der Waals surface area contributed by atoms with Crippen molar-refractivity contribution >= 4 is 5.69 Å². The number of rotatable bonds is 1. The van der Waals surface area contributed by atoms with Gasteiger partial charge in [0, 0.05) is 38.3 Å². The summed E-state index contributed by atoms with van der Waals surface area (Å²) in [6.07, 6.45) is 0. The zero-order valence-corrected chi connectivity index (χ0v) is 9.01. The summed E-state index contributed by atoms with van der Waals surface area (Å²) in [6, 6.07) is 1.53. The third-order valence-electron chi connectivity index (χ3n) is 2.83. The zero-order chi connectivity index (χ0) is 11.7. The molecule has 5 heteroatoms. The Bertz CT molecular complexity index is 387. The molecule has 2 rings (SSSR count). The molecule has 16 heavy (non-hydrogen) atoms. The fraction of sp³-hybridized carbons (Fsp3) is 0.455. The Morgan fingerprint density at radius 1 is 0.875 bits per heavy atom. The Balaban J connectivity index is 2.23. The zero-order valence-electron chi connectivity index (χ0n) is 9.01. The lowest BCUT2D eigenvalue weighted by Crippen LogP contribution is -2.44. The van der Waals surface area contributed by atoms with Crippen molar-refractivity contribution in [3.63, 3.8) is 0 Å². The van der Waals surface area contributed by atoms with E-state index in [-0.39, 0.29) is 5.69 Å². The summed E-state index contributed by atoms with van der Waals surface area (Å²) in [5, 5.41) is 0. The third-order valence-corrected chi connectivity index (χ3v) is 2.83. The maximum Gasteiger partial charge on any atom is 0.161 e. The fourth-order valence-corrected chi connectivity index (χ4v) is 1.80. The van der Waals surface area contributed by atoms with E-state index in [1.165, 1.54) is 0 Å². The van der Waals surface area contributed by atoms with Gasteiger partial charge >= 0.3 is 0 Å². The number of likely N-dealkylation sites (N-methyl/N-ethyl adjacent to an activating group) is 1. The van der Waals surface area contributed by atoms with Crippen LogP contribution in [0.5, 0.6) is 0 Å². The van der Waals surface area contributed by atoms with Crippen LogP contribution in [0.4, 0.5) is 18.9 Å². The molecule has 1 aliphatic rings. The molecule has 88 valence electrons. The highest BCUT2D eigenvalue weighted by atomic mass is 19.2. The van der Waals surface area contributed by atoms with Gasteiger partial charge in [0.2, 0.25) is 0 Å². The highest BCUT2D eigenvalue weighted by molar-refractivity contribution is 5.48. The van der Waals surface area contributed by atoms with Crippen molar-refractivity contribution in [3.05, 3.63) is 29.6 Å². The summed E-state index contributed by atoms with van der Waals surface area (Å²) in [5.41, 5.74) is 0.145. The summed E-state index contributed by atoms with van der Waals surface area (Å²) in [4.78, 5) is 3.84. The summed E-state index contributed by atoms with van der Waals surface area (Å²) in [6.45, 7) is 2.83. The smallest absolute Gasteiger partial charge is 0.161 e. The Kier molecular flexibility index (Phi) is 3.05. The quantitative estimate of drug-likeness (QED) is 0.679. The molecule has 1 aliphatic heterocycles. The van der Waals surface area contributed by atoms with Gasteiger partial charge in [-0.15, -0.1) is 0 Å². The normalized spacial score (nSPS) is 17.9. The number of hydrogen-bond donors (Lipinski definition) is 0. The second-order valence-electron chi connectivity index (χ2n) is 4.01. The summed E-state index contributed by atoms with van der Waals surface area (Å²) < 4.78 is 39.2. The van der Waals surface area contributed by atoms with Crippen LogP contribution in [-0.2, 0) is 0 Å². The molecular weight excluding hydrogens is 217 g/mol. The lowest BCUT2D eigenvalue weighted by atomic mass is 10.2. The van der Waals surface area contributed by atoms with Gasteiger partial charge in [0.15, 0.2) is 11.6 Å². The lowest BCUT2D eigenvalue weighted by Gasteiger charge is -2.34. The molecule has 0 saturated carbocycles. The molecule has 1 aromatic carbocycles. The van der Waals surface area contributed by atoms with Crippen molar-refractivity contribution in [2.24, 2.45) is 0 Å². The number of piperazine rings is 1. The summed E-state index contributed by atoms with van der Waals surface area (Å²) in [7, 11) is 1.97. The third kappa shape index (κ3) is 2.14. The van der Waals surface area contributed by atoms with E-state index in [1.807, 2.05) is 7.05 Å². The van der Waals surface area contributed by atoms with E-state index < -0.39 is 17.5 Å². The molecule has 1 saturated heterocycles. The maximum atomic E-state index is 13.5. The van der Waals surface area contributed by atoms with E-state index >= 15 is 0 Å². The Labute approximate surface area is 92.3 Å². The molecule has 0 aromatic heterocycles. The molecule has 0 amide bonds. The van der Waals surface area contributed by atoms with E-state index in [1.54, 1.807) is 4.90 Å². The number of hydrogen-bond acceptors (Lipinski definition) is 2. The predicted octanol–water partition coefficient (Wildman–Crippen LogP) is 1.86. The monoisotopic (exact) mass is 230 g/mol. The summed E-state index contributed by atoms with van der Waals surface area (Å²) >= 11 is 0. The van der Waals surface area contributed by atoms with E-state index in [4.69, 9.17) is 0 Å². The van der Waals surface area contributed by atoms with Crippen LogP contribution in [-0.4, -0.2) is 38.1 Å². The van der Waals surface area contributed by atoms with E-state index in [0.29, 0.717) is 19.2 Å². The minimum atomic E-state index is -1.14. The van der Waals surface area contributed by atoms with Gasteiger partial charge in [0.1, 0.15) is 5.82 Å². The molecule has 1 aromatic rings. The largest absolute Gasteiger partial charge is 0.367 e. The summed E-state index contributed by atoms with van der Waals surface area (Å²) in [5.74, 6) is -2.85. The molecule has 1 heterocycles. The van der Waals surface area contributed by atoms with Gasteiger partial charge in [-0.2, -0.15) is 0 Å². The van der Waals surface area contributed by atoms with E-state index in [0.717, 1.165) is 19.2 Å². The number of halogens is 3. The van der Waals surface area contributed by atoms with Crippen LogP contribution in [0.1, 0.15) is 0 Å². The average Bonchev–Trinajstić information content (AvgIpc) is 2.25. The van der Waals surface area contributed by atoms with Crippen LogP contribution in [0, 0.1) is 17.5 Å². The van der Waals surface area contributed by atoms with Crippen LogP contribution in [0.3, 0.4) is 0 Å². The highest BCUT2D eigenvalue weighted by Crippen LogP contribution is 2.23. The minimum absolute atomic E-state index is 0.145. The van der Waals surface area contributed by atoms with Gasteiger partial charge in [-0.1, -0.05) is 0 Å². The predicted molar refractivity (Wildman–Crippen MR) is 56.0 cm³/mol. The number of anilines is 1. The van der Waals surface area contributed by atoms with E-state index in [9.17, 15) is 13.2 Å². The van der Waals surface area contributed by atoms with Crippen LogP contribution in [0.15, 0.2) is 12.1 Å². The Morgan fingerprint density at radius 3 is 2.06 bits per heavy atom. The van der Waals surface area contributed by atoms with Crippen molar-refractivity contribution in [3.8, 4) is 0 Å². The van der Waals surface area contributed by atoms with Crippen molar-refractivity contribution in [2.45, 2.75) is 0 Å². The first-order chi connectivity index (χ1) is 7.58. The van der Waals surface area contributed by atoms with Crippen LogP contribution < -0.4 is 4.90 Å². The van der Waals surface area contributed by atoms with Crippen molar-refractivity contribution < 1.29 is 13.2 Å². The van der Waals surface area contributed by atoms with Gasteiger partial charge in [-0.05, 0) is 7.05 Å². The number of nitrogens with zero attached hydrogens (tertiary/aromatic N) is 2. The van der Waals surface area contributed by atoms with Gasteiger partial charge in [0.25, 0.3) is 0 Å². The first-order valence-electron chi connectivity index (χ1n) is 5.16. The molecule has 0 unspecified atom stereocenters. The Morgan fingerprint density at radius 2 is 1.44 bits per heavy atom. The first kappa shape index (κ1) is 11.3. The molecule has 1 fully saturated rings. The maximum absolute atomic E-state index is 13.5. The second kappa shape index (κ2) is 4.33. The number of benzene rings is 1. The Hall–Kier alpha value is -1.23. The molecule has 0 atom stereocenters. The SMILES string of the molecule is CN1CCN(c2cc(F)c(F)cc2F)CC1. The van der Waals surface area contributed by atoms with Crippen molar-refractivity contribution in [1.82, 2.24) is 4.90 Å². The standard InChI is InChI=1S/C11H13F3N2/c1-15-2-4-16(5-3-15)11-7-9(13)8(12)6-10(11)14/h6-7H,2-5H2,1H3. The van der Waals surface area contributed by atoms with Gasteiger partial charge in [0.05, 0.1) is 5.69 Å². The first-order valence-corrected chi connectivity index (χ1v) is 5.16. The second-order valence-corrected chi connectivity index (χ2v) is 4.01.